The van der Waals surface area contributed by atoms with Gasteiger partial charge in [-0.15, -0.1) is 0 Å². The van der Waals surface area contributed by atoms with Crippen molar-refractivity contribution in [2.24, 2.45) is 0 Å². The summed E-state index contributed by atoms with van der Waals surface area (Å²) in [6.07, 6.45) is 1.88. The zero-order chi connectivity index (χ0) is 14.4. The second kappa shape index (κ2) is 7.24. The number of hydrogen-bond donors (Lipinski definition) is 1. The molecule has 1 aromatic carbocycles. The summed E-state index contributed by atoms with van der Waals surface area (Å²) < 4.78 is 13.7. The fourth-order valence-electron chi connectivity index (χ4n) is 2.53. The number of unbranched alkanes of at least 4 members (excludes halogenated alkanes) is 1. The van der Waals surface area contributed by atoms with Gasteiger partial charge in [0.1, 0.15) is 5.82 Å². The van der Waals surface area contributed by atoms with Crippen molar-refractivity contribution in [2.75, 3.05) is 37.6 Å². The Morgan fingerprint density at radius 1 is 1.15 bits per heavy atom. The summed E-state index contributed by atoms with van der Waals surface area (Å²) in [7, 11) is 0. The standard InChI is InChI=1S/C15H21FN2O2/c16-13-5-1-2-6-14(13)18-11-9-17(10-12-18)8-4-3-7-15(19)20/h1-2,5-6H,3-4,7-12H2,(H,19,20). The zero-order valence-electron chi connectivity index (χ0n) is 11.6. The molecule has 1 N–H and O–H groups in total. The molecule has 110 valence electrons. The Bertz CT molecular complexity index is 445. The number of aliphatic carboxylic acids is 1. The summed E-state index contributed by atoms with van der Waals surface area (Å²) in [5.74, 6) is -0.892. The van der Waals surface area contributed by atoms with Crippen LogP contribution < -0.4 is 4.90 Å². The van der Waals surface area contributed by atoms with E-state index in [0.717, 1.165) is 45.6 Å². The van der Waals surface area contributed by atoms with Gasteiger partial charge in [-0.05, 0) is 31.5 Å². The van der Waals surface area contributed by atoms with Gasteiger partial charge in [0.15, 0.2) is 0 Å². The highest BCUT2D eigenvalue weighted by atomic mass is 19.1. The maximum Gasteiger partial charge on any atom is 0.303 e. The average molecular weight is 280 g/mol. The predicted molar refractivity (Wildman–Crippen MR) is 76.5 cm³/mol. The summed E-state index contributed by atoms with van der Waals surface area (Å²) in [5.41, 5.74) is 0.679. The Morgan fingerprint density at radius 3 is 2.50 bits per heavy atom. The molecule has 4 nitrogen and oxygen atoms in total. The van der Waals surface area contributed by atoms with Gasteiger partial charge in [0.25, 0.3) is 0 Å². The Kier molecular flexibility index (Phi) is 5.35. The summed E-state index contributed by atoms with van der Waals surface area (Å²) in [5, 5.41) is 8.58. The monoisotopic (exact) mass is 280 g/mol. The molecule has 0 unspecified atom stereocenters. The topological polar surface area (TPSA) is 43.8 Å². The molecule has 0 bridgehead atoms. The molecule has 1 heterocycles. The van der Waals surface area contributed by atoms with E-state index in [9.17, 15) is 9.18 Å². The summed E-state index contributed by atoms with van der Waals surface area (Å²) >= 11 is 0. The minimum atomic E-state index is -0.727. The number of hydrogen-bond acceptors (Lipinski definition) is 3. The van der Waals surface area contributed by atoms with E-state index in [4.69, 9.17) is 5.11 Å². The van der Waals surface area contributed by atoms with Gasteiger partial charge in [-0.2, -0.15) is 0 Å². The SMILES string of the molecule is O=C(O)CCCCN1CCN(c2ccccc2F)CC1. The van der Waals surface area contributed by atoms with Crippen LogP contribution in [0.3, 0.4) is 0 Å². The molecule has 0 saturated carbocycles. The van der Waals surface area contributed by atoms with Gasteiger partial charge in [-0.25, -0.2) is 4.39 Å². The highest BCUT2D eigenvalue weighted by Crippen LogP contribution is 2.20. The molecule has 0 spiro atoms. The van der Waals surface area contributed by atoms with Gasteiger partial charge in [0, 0.05) is 32.6 Å². The van der Waals surface area contributed by atoms with Crippen molar-refractivity contribution >= 4 is 11.7 Å². The number of piperazine rings is 1. The van der Waals surface area contributed by atoms with E-state index in [1.807, 2.05) is 12.1 Å². The van der Waals surface area contributed by atoms with Crippen molar-refractivity contribution in [3.63, 3.8) is 0 Å². The van der Waals surface area contributed by atoms with Crippen LogP contribution in [0.2, 0.25) is 0 Å². The molecular weight excluding hydrogens is 259 g/mol. The van der Waals surface area contributed by atoms with Gasteiger partial charge in [0.05, 0.1) is 5.69 Å². The minimum absolute atomic E-state index is 0.164. The quantitative estimate of drug-likeness (QED) is 0.811. The van der Waals surface area contributed by atoms with Crippen LogP contribution in [0.4, 0.5) is 10.1 Å². The third kappa shape index (κ3) is 4.20. The smallest absolute Gasteiger partial charge is 0.303 e. The van der Waals surface area contributed by atoms with E-state index in [-0.39, 0.29) is 12.2 Å². The number of para-hydroxylation sites is 1. The van der Waals surface area contributed by atoms with Crippen LogP contribution in [0.1, 0.15) is 19.3 Å². The van der Waals surface area contributed by atoms with Crippen molar-refractivity contribution in [3.05, 3.63) is 30.1 Å². The lowest BCUT2D eigenvalue weighted by Crippen LogP contribution is -2.46. The molecule has 1 aliphatic heterocycles. The van der Waals surface area contributed by atoms with Crippen LogP contribution in [0.5, 0.6) is 0 Å². The second-order valence-corrected chi connectivity index (χ2v) is 5.13. The van der Waals surface area contributed by atoms with Gasteiger partial charge < -0.3 is 10.0 Å². The van der Waals surface area contributed by atoms with Crippen LogP contribution in [0, 0.1) is 5.82 Å². The summed E-state index contributed by atoms with van der Waals surface area (Å²) in [4.78, 5) is 14.8. The molecule has 5 heteroatoms. The molecule has 0 atom stereocenters. The van der Waals surface area contributed by atoms with Gasteiger partial charge in [-0.1, -0.05) is 12.1 Å². The Balaban J connectivity index is 1.73. The van der Waals surface area contributed by atoms with Crippen LogP contribution in [-0.2, 0) is 4.79 Å². The van der Waals surface area contributed by atoms with Crippen LogP contribution in [-0.4, -0.2) is 48.7 Å². The van der Waals surface area contributed by atoms with Crippen LogP contribution >= 0.6 is 0 Å². The third-order valence-corrected chi connectivity index (χ3v) is 3.68. The van der Waals surface area contributed by atoms with E-state index in [1.54, 1.807) is 6.07 Å². The average Bonchev–Trinajstić information content (AvgIpc) is 2.45. The number of rotatable bonds is 6. The molecule has 0 aromatic heterocycles. The molecule has 1 aliphatic rings. The van der Waals surface area contributed by atoms with Crippen LogP contribution in [0.25, 0.3) is 0 Å². The molecule has 0 radical (unpaired) electrons. The lowest BCUT2D eigenvalue weighted by molar-refractivity contribution is -0.137. The minimum Gasteiger partial charge on any atom is -0.481 e. The molecule has 2 rings (SSSR count). The van der Waals surface area contributed by atoms with Crippen molar-refractivity contribution in [3.8, 4) is 0 Å². The normalized spacial score (nSPS) is 16.4. The maximum absolute atomic E-state index is 13.7. The number of halogens is 1. The third-order valence-electron chi connectivity index (χ3n) is 3.68. The first kappa shape index (κ1) is 14.8. The fourth-order valence-corrected chi connectivity index (χ4v) is 2.53. The second-order valence-electron chi connectivity index (χ2n) is 5.13. The van der Waals surface area contributed by atoms with Crippen molar-refractivity contribution < 1.29 is 14.3 Å². The van der Waals surface area contributed by atoms with E-state index in [1.165, 1.54) is 6.07 Å². The lowest BCUT2D eigenvalue weighted by atomic mass is 10.2. The number of carboxylic acid groups (broad SMARTS) is 1. The van der Waals surface area contributed by atoms with Crippen molar-refractivity contribution in [1.29, 1.82) is 0 Å². The molecule has 1 fully saturated rings. The highest BCUT2D eigenvalue weighted by molar-refractivity contribution is 5.66. The summed E-state index contributed by atoms with van der Waals surface area (Å²) in [6.45, 7) is 4.38. The van der Waals surface area contributed by atoms with Gasteiger partial charge >= 0.3 is 5.97 Å². The van der Waals surface area contributed by atoms with Crippen molar-refractivity contribution in [2.45, 2.75) is 19.3 Å². The molecule has 1 aromatic rings. The lowest BCUT2D eigenvalue weighted by Gasteiger charge is -2.36. The molecular formula is C15H21FN2O2. The first-order valence-corrected chi connectivity index (χ1v) is 7.10. The largest absolute Gasteiger partial charge is 0.481 e. The fraction of sp³-hybridized carbons (Fsp3) is 0.533. The van der Waals surface area contributed by atoms with Gasteiger partial charge in [-0.3, -0.25) is 9.69 Å². The summed E-state index contributed by atoms with van der Waals surface area (Å²) in [6, 6.07) is 6.87. The number of benzene rings is 1. The maximum atomic E-state index is 13.7. The van der Waals surface area contributed by atoms with E-state index in [0.29, 0.717) is 5.69 Å². The highest BCUT2D eigenvalue weighted by Gasteiger charge is 2.18. The van der Waals surface area contributed by atoms with Gasteiger partial charge in [0.2, 0.25) is 0 Å². The molecule has 0 amide bonds. The Morgan fingerprint density at radius 2 is 1.85 bits per heavy atom. The number of carboxylic acids is 1. The van der Waals surface area contributed by atoms with E-state index < -0.39 is 5.97 Å². The molecule has 20 heavy (non-hydrogen) atoms. The van der Waals surface area contributed by atoms with Crippen molar-refractivity contribution in [1.82, 2.24) is 4.90 Å². The molecule has 0 aliphatic carbocycles. The Labute approximate surface area is 118 Å². The first-order chi connectivity index (χ1) is 9.66. The number of carbonyl (C=O) groups is 1. The number of anilines is 1. The molecule has 1 saturated heterocycles. The zero-order valence-corrected chi connectivity index (χ0v) is 11.6. The van der Waals surface area contributed by atoms with E-state index in [2.05, 4.69) is 9.80 Å². The van der Waals surface area contributed by atoms with E-state index >= 15 is 0 Å². The van der Waals surface area contributed by atoms with Crippen LogP contribution in [0.15, 0.2) is 24.3 Å². The predicted octanol–water partition coefficient (Wildman–Crippen LogP) is 2.20. The first-order valence-electron chi connectivity index (χ1n) is 7.10. The number of nitrogens with zero attached hydrogens (tertiary/aromatic N) is 2. The Hall–Kier alpha value is -1.62.